The highest BCUT2D eigenvalue weighted by molar-refractivity contribution is 7.86. The maximum atomic E-state index is 11.2. The van der Waals surface area contributed by atoms with Gasteiger partial charge < -0.3 is 5.32 Å². The second-order valence-electron chi connectivity index (χ2n) is 3.19. The van der Waals surface area contributed by atoms with Crippen molar-refractivity contribution in [2.75, 3.05) is 13.1 Å². The number of nitrogens with zero attached hydrogens (tertiary/aromatic N) is 1. The molecule has 0 aromatic heterocycles. The second kappa shape index (κ2) is 5.28. The van der Waals surface area contributed by atoms with Crippen LogP contribution >= 0.6 is 0 Å². The van der Waals surface area contributed by atoms with E-state index in [1.165, 1.54) is 0 Å². The van der Waals surface area contributed by atoms with Gasteiger partial charge in [0.05, 0.1) is 6.54 Å². The predicted molar refractivity (Wildman–Crippen MR) is 53.6 cm³/mol. The summed E-state index contributed by atoms with van der Waals surface area (Å²) in [6.07, 6.45) is 0. The fourth-order valence-electron chi connectivity index (χ4n) is 0.910. The molecule has 84 valence electrons. The van der Waals surface area contributed by atoms with Crippen molar-refractivity contribution in [3.05, 3.63) is 0 Å². The molecule has 0 unspecified atom stereocenters. The highest BCUT2D eigenvalue weighted by atomic mass is 32.2. The smallest absolute Gasteiger partial charge is 0.277 e. The molecule has 0 spiro atoms. The number of carbonyl (C=O) groups excluding carboxylic acids is 1. The van der Waals surface area contributed by atoms with Crippen molar-refractivity contribution in [3.63, 3.8) is 0 Å². The first-order chi connectivity index (χ1) is 6.27. The molecule has 14 heavy (non-hydrogen) atoms. The number of likely N-dealkylation sites (N-methyl/N-ethyl adjacent to an activating group) is 1. The minimum atomic E-state index is -3.77. The minimum absolute atomic E-state index is 0.0123. The van der Waals surface area contributed by atoms with Gasteiger partial charge in [-0.05, 0) is 13.8 Å². The van der Waals surface area contributed by atoms with Crippen LogP contribution in [0.2, 0.25) is 0 Å². The molecule has 0 aromatic rings. The van der Waals surface area contributed by atoms with E-state index < -0.39 is 10.2 Å². The van der Waals surface area contributed by atoms with Gasteiger partial charge in [0, 0.05) is 12.6 Å². The monoisotopic (exact) mass is 223 g/mol. The van der Waals surface area contributed by atoms with E-state index in [-0.39, 0.29) is 25.0 Å². The maximum Gasteiger partial charge on any atom is 0.277 e. The van der Waals surface area contributed by atoms with Crippen molar-refractivity contribution in [1.82, 2.24) is 9.62 Å². The van der Waals surface area contributed by atoms with Gasteiger partial charge in [-0.2, -0.15) is 12.7 Å². The van der Waals surface area contributed by atoms with E-state index in [0.29, 0.717) is 0 Å². The van der Waals surface area contributed by atoms with Crippen molar-refractivity contribution in [2.24, 2.45) is 5.14 Å². The fraction of sp³-hybridized carbons (Fsp3) is 0.857. The Labute approximate surface area is 84.6 Å². The van der Waals surface area contributed by atoms with Crippen LogP contribution in [0.25, 0.3) is 0 Å². The van der Waals surface area contributed by atoms with Gasteiger partial charge in [0.1, 0.15) is 0 Å². The molecule has 0 aliphatic heterocycles. The summed E-state index contributed by atoms with van der Waals surface area (Å²) in [7, 11) is -3.77. The Kier molecular flexibility index (Phi) is 5.03. The Balaban J connectivity index is 4.28. The topological polar surface area (TPSA) is 92.5 Å². The third-order valence-electron chi connectivity index (χ3n) is 1.48. The lowest BCUT2D eigenvalue weighted by molar-refractivity contribution is -0.121. The molecule has 0 rings (SSSR count). The number of hydrogen-bond acceptors (Lipinski definition) is 3. The first-order valence-corrected chi connectivity index (χ1v) is 5.85. The molecule has 0 heterocycles. The molecule has 0 aromatic carbocycles. The van der Waals surface area contributed by atoms with Gasteiger partial charge in [-0.25, -0.2) is 5.14 Å². The zero-order chi connectivity index (χ0) is 11.4. The molecule has 0 aliphatic rings. The van der Waals surface area contributed by atoms with E-state index >= 15 is 0 Å². The van der Waals surface area contributed by atoms with Crippen molar-refractivity contribution >= 4 is 16.1 Å². The normalized spacial score (nSPS) is 12.1. The lowest BCUT2D eigenvalue weighted by Crippen LogP contribution is -2.45. The summed E-state index contributed by atoms with van der Waals surface area (Å²) in [5.74, 6) is -0.351. The first-order valence-electron chi connectivity index (χ1n) is 4.34. The molecule has 0 aliphatic carbocycles. The molecule has 7 heteroatoms. The lowest BCUT2D eigenvalue weighted by Gasteiger charge is -2.17. The van der Waals surface area contributed by atoms with Crippen molar-refractivity contribution in [2.45, 2.75) is 26.8 Å². The van der Waals surface area contributed by atoms with Gasteiger partial charge in [0.2, 0.25) is 5.91 Å². The van der Waals surface area contributed by atoms with Crippen molar-refractivity contribution < 1.29 is 13.2 Å². The van der Waals surface area contributed by atoms with Crippen LogP contribution in [0.5, 0.6) is 0 Å². The molecular weight excluding hydrogens is 206 g/mol. The molecule has 1 amide bonds. The Hall–Kier alpha value is -0.660. The van der Waals surface area contributed by atoms with Crippen LogP contribution in [0, 0.1) is 0 Å². The Bertz CT molecular complexity index is 287. The van der Waals surface area contributed by atoms with Crippen LogP contribution in [0.1, 0.15) is 20.8 Å². The highest BCUT2D eigenvalue weighted by Crippen LogP contribution is 1.93. The van der Waals surface area contributed by atoms with Crippen LogP contribution in [-0.4, -0.2) is 37.8 Å². The van der Waals surface area contributed by atoms with Crippen LogP contribution in [0.3, 0.4) is 0 Å². The maximum absolute atomic E-state index is 11.2. The molecule has 0 saturated heterocycles. The van der Waals surface area contributed by atoms with E-state index in [0.717, 1.165) is 4.31 Å². The van der Waals surface area contributed by atoms with Crippen LogP contribution in [-0.2, 0) is 15.0 Å². The van der Waals surface area contributed by atoms with E-state index in [1.807, 2.05) is 0 Å². The largest absolute Gasteiger partial charge is 0.353 e. The zero-order valence-electron chi connectivity index (χ0n) is 8.65. The Morgan fingerprint density at radius 3 is 2.29 bits per heavy atom. The third kappa shape index (κ3) is 5.15. The Morgan fingerprint density at radius 1 is 1.50 bits per heavy atom. The lowest BCUT2D eigenvalue weighted by atomic mass is 10.4. The average molecular weight is 223 g/mol. The number of nitrogens with one attached hydrogen (secondary N) is 1. The summed E-state index contributed by atoms with van der Waals surface area (Å²) in [6, 6.07) is -0.0123. The van der Waals surface area contributed by atoms with Crippen LogP contribution in [0.15, 0.2) is 0 Å². The third-order valence-corrected chi connectivity index (χ3v) is 2.59. The van der Waals surface area contributed by atoms with Gasteiger partial charge in [0.25, 0.3) is 10.2 Å². The van der Waals surface area contributed by atoms with Crippen molar-refractivity contribution in [1.29, 1.82) is 0 Å². The molecule has 0 saturated carbocycles. The zero-order valence-corrected chi connectivity index (χ0v) is 9.47. The quantitative estimate of drug-likeness (QED) is 0.628. The average Bonchev–Trinajstić information content (AvgIpc) is 1.96. The van der Waals surface area contributed by atoms with Gasteiger partial charge in [0.15, 0.2) is 0 Å². The minimum Gasteiger partial charge on any atom is -0.353 e. The fourth-order valence-corrected chi connectivity index (χ4v) is 1.57. The van der Waals surface area contributed by atoms with Crippen molar-refractivity contribution in [3.8, 4) is 0 Å². The number of hydrogen-bond donors (Lipinski definition) is 2. The summed E-state index contributed by atoms with van der Waals surface area (Å²) < 4.78 is 22.7. The van der Waals surface area contributed by atoms with E-state index in [9.17, 15) is 13.2 Å². The number of amides is 1. The van der Waals surface area contributed by atoms with Crippen LogP contribution < -0.4 is 10.5 Å². The van der Waals surface area contributed by atoms with Gasteiger partial charge in [-0.3, -0.25) is 4.79 Å². The molecular formula is C7H17N3O3S. The molecule has 3 N–H and O–H groups in total. The molecule has 0 fully saturated rings. The van der Waals surface area contributed by atoms with Crippen LogP contribution in [0.4, 0.5) is 0 Å². The van der Waals surface area contributed by atoms with Gasteiger partial charge in [-0.1, -0.05) is 6.92 Å². The summed E-state index contributed by atoms with van der Waals surface area (Å²) in [5.41, 5.74) is 0. The standard InChI is InChI=1S/C7H17N3O3S/c1-4-10(14(8,12)13)5-7(11)9-6(2)3/h6H,4-5H2,1-3H3,(H,9,11)(H2,8,12,13). The summed E-state index contributed by atoms with van der Waals surface area (Å²) >= 11 is 0. The number of nitrogens with two attached hydrogens (primary N) is 1. The number of carbonyl (C=O) groups is 1. The van der Waals surface area contributed by atoms with E-state index in [2.05, 4.69) is 5.32 Å². The SMILES string of the molecule is CCN(CC(=O)NC(C)C)S(N)(=O)=O. The predicted octanol–water partition coefficient (Wildman–Crippen LogP) is -0.964. The highest BCUT2D eigenvalue weighted by Gasteiger charge is 2.18. The van der Waals surface area contributed by atoms with Gasteiger partial charge >= 0.3 is 0 Å². The summed E-state index contributed by atoms with van der Waals surface area (Å²) in [4.78, 5) is 11.2. The Morgan fingerprint density at radius 2 is 2.00 bits per heavy atom. The summed E-state index contributed by atoms with van der Waals surface area (Å²) in [5, 5.41) is 7.47. The molecule has 0 radical (unpaired) electrons. The second-order valence-corrected chi connectivity index (χ2v) is 4.74. The molecule has 0 bridgehead atoms. The molecule has 6 nitrogen and oxygen atoms in total. The van der Waals surface area contributed by atoms with E-state index in [1.54, 1.807) is 20.8 Å². The van der Waals surface area contributed by atoms with E-state index in [4.69, 9.17) is 5.14 Å². The summed E-state index contributed by atoms with van der Waals surface area (Å²) in [6.45, 7) is 5.17. The number of rotatable bonds is 5. The first kappa shape index (κ1) is 13.3. The molecule has 0 atom stereocenters. The van der Waals surface area contributed by atoms with Gasteiger partial charge in [-0.15, -0.1) is 0 Å².